The Morgan fingerprint density at radius 3 is 2.53 bits per heavy atom. The lowest BCUT2D eigenvalue weighted by Gasteiger charge is -2.26. The van der Waals surface area contributed by atoms with E-state index in [1.165, 1.54) is 18.9 Å². The second kappa shape index (κ2) is 5.99. The summed E-state index contributed by atoms with van der Waals surface area (Å²) in [5, 5.41) is 3.67. The van der Waals surface area contributed by atoms with Crippen LogP contribution >= 0.6 is 15.9 Å². The van der Waals surface area contributed by atoms with Gasteiger partial charge in [0.2, 0.25) is 0 Å². The van der Waals surface area contributed by atoms with Crippen molar-refractivity contribution in [2.75, 3.05) is 11.9 Å². The zero-order valence-electron chi connectivity index (χ0n) is 10.5. The molecule has 0 saturated heterocycles. The Kier molecular flexibility index (Phi) is 4.55. The first-order chi connectivity index (χ1) is 9.06. The van der Waals surface area contributed by atoms with Crippen LogP contribution in [0.5, 0.6) is 0 Å². The first-order valence-electron chi connectivity index (χ1n) is 6.36. The van der Waals surface area contributed by atoms with Crippen LogP contribution in [0, 0.1) is 17.0 Å². The summed E-state index contributed by atoms with van der Waals surface area (Å²) in [6.07, 6.45) is 4.51. The van der Waals surface area contributed by atoms with Gasteiger partial charge in [-0.1, -0.05) is 28.8 Å². The monoisotopic (exact) mass is 331 g/mol. The Balaban J connectivity index is 1.99. The van der Waals surface area contributed by atoms with E-state index < -0.39 is 11.6 Å². The highest BCUT2D eigenvalue weighted by Gasteiger charge is 2.33. The number of carbonyl (C=O) groups excluding carboxylic acids is 1. The third kappa shape index (κ3) is 3.32. The number of amides is 1. The van der Waals surface area contributed by atoms with E-state index in [0.29, 0.717) is 6.54 Å². The first-order valence-corrected chi connectivity index (χ1v) is 7.48. The SMILES string of the molecule is O=C(NCC1(CBr)CCCC1)c1ccc(F)c(F)c1. The van der Waals surface area contributed by atoms with Crippen molar-refractivity contribution in [2.24, 2.45) is 5.41 Å². The maximum absolute atomic E-state index is 13.1. The largest absolute Gasteiger partial charge is 0.351 e. The summed E-state index contributed by atoms with van der Waals surface area (Å²) in [7, 11) is 0. The summed E-state index contributed by atoms with van der Waals surface area (Å²) in [5.74, 6) is -2.29. The Labute approximate surface area is 119 Å². The highest BCUT2D eigenvalue weighted by Crippen LogP contribution is 2.38. The predicted molar refractivity (Wildman–Crippen MR) is 73.4 cm³/mol. The van der Waals surface area contributed by atoms with Crippen molar-refractivity contribution in [3.63, 3.8) is 0 Å². The summed E-state index contributed by atoms with van der Waals surface area (Å²) in [6, 6.07) is 3.20. The van der Waals surface area contributed by atoms with Crippen molar-refractivity contribution in [1.29, 1.82) is 0 Å². The van der Waals surface area contributed by atoms with Crippen molar-refractivity contribution in [3.8, 4) is 0 Å². The van der Waals surface area contributed by atoms with Gasteiger partial charge in [-0.3, -0.25) is 4.79 Å². The molecular formula is C14H16BrF2NO. The fourth-order valence-corrected chi connectivity index (χ4v) is 3.25. The van der Waals surface area contributed by atoms with Crippen molar-refractivity contribution in [1.82, 2.24) is 5.32 Å². The van der Waals surface area contributed by atoms with Gasteiger partial charge in [-0.05, 0) is 36.5 Å². The lowest BCUT2D eigenvalue weighted by molar-refractivity contribution is 0.0935. The van der Waals surface area contributed by atoms with Crippen LogP contribution in [-0.2, 0) is 0 Å². The molecule has 19 heavy (non-hydrogen) atoms. The molecule has 2 nitrogen and oxygen atoms in total. The smallest absolute Gasteiger partial charge is 0.251 e. The normalized spacial score (nSPS) is 17.4. The molecular weight excluding hydrogens is 316 g/mol. The molecule has 1 aliphatic rings. The molecule has 1 fully saturated rings. The molecule has 0 unspecified atom stereocenters. The van der Waals surface area contributed by atoms with E-state index >= 15 is 0 Å². The van der Waals surface area contributed by atoms with Gasteiger partial charge in [-0.15, -0.1) is 0 Å². The molecule has 0 bridgehead atoms. The Bertz CT molecular complexity index is 473. The van der Waals surface area contributed by atoms with E-state index in [0.717, 1.165) is 30.3 Å². The van der Waals surface area contributed by atoms with Crippen LogP contribution in [0.4, 0.5) is 8.78 Å². The standard InChI is InChI=1S/C14H16BrF2NO/c15-8-14(5-1-2-6-14)9-18-13(19)10-3-4-11(16)12(17)7-10/h3-4,7H,1-2,5-6,8-9H2,(H,18,19). The minimum atomic E-state index is -0.997. The minimum Gasteiger partial charge on any atom is -0.351 e. The third-order valence-electron chi connectivity index (χ3n) is 3.75. The van der Waals surface area contributed by atoms with Crippen LogP contribution in [0.2, 0.25) is 0 Å². The summed E-state index contributed by atoms with van der Waals surface area (Å²) in [4.78, 5) is 11.9. The van der Waals surface area contributed by atoms with Crippen molar-refractivity contribution in [2.45, 2.75) is 25.7 Å². The second-order valence-electron chi connectivity index (χ2n) is 5.15. The number of nitrogens with one attached hydrogen (secondary N) is 1. The van der Waals surface area contributed by atoms with Gasteiger partial charge in [-0.25, -0.2) is 8.78 Å². The predicted octanol–water partition coefficient (Wildman–Crippen LogP) is 3.65. The topological polar surface area (TPSA) is 29.1 Å². The number of halogens is 3. The molecule has 2 rings (SSSR count). The van der Waals surface area contributed by atoms with E-state index in [-0.39, 0.29) is 16.9 Å². The van der Waals surface area contributed by atoms with Crippen LogP contribution in [0.15, 0.2) is 18.2 Å². The fourth-order valence-electron chi connectivity index (χ4n) is 2.49. The van der Waals surface area contributed by atoms with Crippen LogP contribution in [0.1, 0.15) is 36.0 Å². The van der Waals surface area contributed by atoms with Crippen LogP contribution in [0.25, 0.3) is 0 Å². The molecule has 1 aliphatic carbocycles. The van der Waals surface area contributed by atoms with Gasteiger partial charge in [0.05, 0.1) is 0 Å². The zero-order chi connectivity index (χ0) is 13.9. The van der Waals surface area contributed by atoms with Gasteiger partial charge < -0.3 is 5.32 Å². The molecule has 104 valence electrons. The van der Waals surface area contributed by atoms with Crippen LogP contribution < -0.4 is 5.32 Å². The highest BCUT2D eigenvalue weighted by atomic mass is 79.9. The zero-order valence-corrected chi connectivity index (χ0v) is 12.1. The Morgan fingerprint density at radius 2 is 1.95 bits per heavy atom. The number of hydrogen-bond acceptors (Lipinski definition) is 1. The number of benzene rings is 1. The molecule has 1 amide bonds. The van der Waals surface area contributed by atoms with E-state index in [1.54, 1.807) is 0 Å². The molecule has 1 saturated carbocycles. The number of rotatable bonds is 4. The molecule has 1 aromatic carbocycles. The van der Waals surface area contributed by atoms with Crippen LogP contribution in [0.3, 0.4) is 0 Å². The molecule has 5 heteroatoms. The lowest BCUT2D eigenvalue weighted by Crippen LogP contribution is -2.37. The van der Waals surface area contributed by atoms with Gasteiger partial charge in [0.15, 0.2) is 11.6 Å². The molecule has 1 N–H and O–H groups in total. The van der Waals surface area contributed by atoms with Gasteiger partial charge in [0.1, 0.15) is 0 Å². The lowest BCUT2D eigenvalue weighted by atomic mass is 9.89. The van der Waals surface area contributed by atoms with Gasteiger partial charge in [0.25, 0.3) is 5.91 Å². The average Bonchev–Trinajstić information content (AvgIpc) is 2.89. The summed E-state index contributed by atoms with van der Waals surface area (Å²) in [6.45, 7) is 0.566. The number of alkyl halides is 1. The van der Waals surface area contributed by atoms with Crippen LogP contribution in [-0.4, -0.2) is 17.8 Å². The second-order valence-corrected chi connectivity index (χ2v) is 5.71. The quantitative estimate of drug-likeness (QED) is 0.838. The molecule has 0 atom stereocenters. The molecule has 0 spiro atoms. The molecule has 0 aromatic heterocycles. The number of carbonyl (C=O) groups is 1. The third-order valence-corrected chi connectivity index (χ3v) is 4.94. The molecule has 0 radical (unpaired) electrons. The van der Waals surface area contributed by atoms with Crippen molar-refractivity contribution < 1.29 is 13.6 Å². The Morgan fingerprint density at radius 1 is 1.26 bits per heavy atom. The van der Waals surface area contributed by atoms with E-state index in [1.807, 2.05) is 0 Å². The summed E-state index contributed by atoms with van der Waals surface area (Å²) < 4.78 is 25.9. The van der Waals surface area contributed by atoms with Gasteiger partial charge in [0, 0.05) is 17.4 Å². The maximum Gasteiger partial charge on any atom is 0.251 e. The summed E-state index contributed by atoms with van der Waals surface area (Å²) in [5.41, 5.74) is 0.260. The average molecular weight is 332 g/mol. The summed E-state index contributed by atoms with van der Waals surface area (Å²) >= 11 is 3.50. The van der Waals surface area contributed by atoms with Crippen molar-refractivity contribution >= 4 is 21.8 Å². The molecule has 0 aliphatic heterocycles. The van der Waals surface area contributed by atoms with E-state index in [4.69, 9.17) is 0 Å². The van der Waals surface area contributed by atoms with E-state index in [9.17, 15) is 13.6 Å². The van der Waals surface area contributed by atoms with Gasteiger partial charge in [-0.2, -0.15) is 0 Å². The minimum absolute atomic E-state index is 0.105. The first kappa shape index (κ1) is 14.4. The fraction of sp³-hybridized carbons (Fsp3) is 0.500. The maximum atomic E-state index is 13.1. The Hall–Kier alpha value is -0.970. The molecule has 0 heterocycles. The molecule has 1 aromatic rings. The van der Waals surface area contributed by atoms with Gasteiger partial charge >= 0.3 is 0 Å². The number of hydrogen-bond donors (Lipinski definition) is 1. The van der Waals surface area contributed by atoms with Crippen molar-refractivity contribution in [3.05, 3.63) is 35.4 Å². The highest BCUT2D eigenvalue weighted by molar-refractivity contribution is 9.09. The van der Waals surface area contributed by atoms with E-state index in [2.05, 4.69) is 21.2 Å².